The molecule has 0 aliphatic carbocycles. The van der Waals surface area contributed by atoms with Crippen molar-refractivity contribution in [2.24, 2.45) is 0 Å². The molecule has 1 aromatic heterocycles. The van der Waals surface area contributed by atoms with Crippen molar-refractivity contribution >= 4 is 56.5 Å². The second-order valence-electron chi connectivity index (χ2n) is 5.42. The summed E-state index contributed by atoms with van der Waals surface area (Å²) in [5.74, 6) is 0.705. The molecule has 27 heavy (non-hydrogen) atoms. The van der Waals surface area contributed by atoms with Crippen LogP contribution in [0.25, 0.3) is 23.0 Å². The number of hydrogen-bond acceptors (Lipinski definition) is 4. The van der Waals surface area contributed by atoms with Gasteiger partial charge < -0.3 is 4.42 Å². The molecule has 5 nitrogen and oxygen atoms in total. The highest BCUT2D eigenvalue weighted by atomic mass is 79.9. The molecule has 3 aromatic rings. The van der Waals surface area contributed by atoms with Crippen molar-refractivity contribution in [3.63, 3.8) is 0 Å². The van der Waals surface area contributed by atoms with Crippen molar-refractivity contribution in [2.45, 2.75) is 0 Å². The third kappa shape index (κ3) is 4.22. The molecule has 8 heteroatoms. The molecule has 3 rings (SSSR count). The molecule has 0 N–H and O–H groups in total. The minimum Gasteiger partial charge on any atom is -0.456 e. The fourth-order valence-electron chi connectivity index (χ4n) is 2.43. The Morgan fingerprint density at radius 3 is 2.59 bits per heavy atom. The minimum absolute atomic E-state index is 0.0840. The second-order valence-corrected chi connectivity index (χ2v) is 7.15. The lowest BCUT2D eigenvalue weighted by Crippen LogP contribution is -1.91. The maximum absolute atomic E-state index is 11.3. The van der Waals surface area contributed by atoms with E-state index in [0.29, 0.717) is 42.7 Å². The zero-order valence-electron chi connectivity index (χ0n) is 13.4. The summed E-state index contributed by atoms with van der Waals surface area (Å²) < 4.78 is 6.30. The largest absolute Gasteiger partial charge is 0.456 e. The number of halogens is 3. The van der Waals surface area contributed by atoms with Crippen LogP contribution in [-0.2, 0) is 0 Å². The lowest BCUT2D eigenvalue weighted by molar-refractivity contribution is -0.384. The smallest absolute Gasteiger partial charge is 0.281 e. The molecule has 0 saturated heterocycles. The van der Waals surface area contributed by atoms with Gasteiger partial charge in [0.05, 0.1) is 32.2 Å². The average molecular weight is 464 g/mol. The molecule has 0 fully saturated rings. The Morgan fingerprint density at radius 1 is 1.15 bits per heavy atom. The molecule has 0 radical (unpaired) electrons. The van der Waals surface area contributed by atoms with Gasteiger partial charge in [-0.2, -0.15) is 5.26 Å². The van der Waals surface area contributed by atoms with Gasteiger partial charge in [-0.25, -0.2) is 0 Å². The number of allylic oxidation sites excluding steroid dienone is 1. The number of rotatable bonds is 4. The zero-order valence-corrected chi connectivity index (χ0v) is 16.5. The monoisotopic (exact) mass is 462 g/mol. The summed E-state index contributed by atoms with van der Waals surface area (Å²) in [4.78, 5) is 10.8. The fourth-order valence-corrected chi connectivity index (χ4v) is 3.07. The van der Waals surface area contributed by atoms with E-state index in [1.807, 2.05) is 0 Å². The van der Waals surface area contributed by atoms with Crippen LogP contribution in [0, 0.1) is 21.4 Å². The number of furan rings is 1. The highest BCUT2D eigenvalue weighted by molar-refractivity contribution is 9.10. The summed E-state index contributed by atoms with van der Waals surface area (Å²) in [6.45, 7) is 0. The molecular formula is C19H9BrCl2N2O3. The Balaban J connectivity index is 2.00. The van der Waals surface area contributed by atoms with E-state index in [1.165, 1.54) is 12.1 Å². The molecule has 0 aliphatic heterocycles. The van der Waals surface area contributed by atoms with Crippen molar-refractivity contribution in [2.75, 3.05) is 0 Å². The summed E-state index contributed by atoms with van der Waals surface area (Å²) in [6, 6.07) is 14.9. The highest BCUT2D eigenvalue weighted by Crippen LogP contribution is 2.34. The number of nitro benzene ring substituents is 1. The molecule has 0 spiro atoms. The molecule has 0 saturated carbocycles. The first-order valence-corrected chi connectivity index (χ1v) is 9.05. The molecular weight excluding hydrogens is 455 g/mol. The maximum Gasteiger partial charge on any atom is 0.281 e. The van der Waals surface area contributed by atoms with E-state index in [2.05, 4.69) is 22.0 Å². The number of hydrogen-bond donors (Lipinski definition) is 0. The Kier molecular flexibility index (Phi) is 5.66. The van der Waals surface area contributed by atoms with E-state index >= 15 is 0 Å². The number of nitro groups is 1. The number of nitriles is 1. The van der Waals surface area contributed by atoms with E-state index in [-0.39, 0.29) is 5.69 Å². The Bertz CT molecular complexity index is 1120. The fraction of sp³-hybridized carbons (Fsp3) is 0. The summed E-state index contributed by atoms with van der Waals surface area (Å²) in [5, 5.41) is 21.5. The van der Waals surface area contributed by atoms with E-state index < -0.39 is 4.92 Å². The van der Waals surface area contributed by atoms with Crippen LogP contribution in [0.4, 0.5) is 5.69 Å². The van der Waals surface area contributed by atoms with Gasteiger partial charge in [0.2, 0.25) is 0 Å². The van der Waals surface area contributed by atoms with Gasteiger partial charge in [0.1, 0.15) is 11.5 Å². The van der Waals surface area contributed by atoms with Crippen LogP contribution < -0.4 is 0 Å². The average Bonchev–Trinajstić information content (AvgIpc) is 3.10. The molecule has 0 atom stereocenters. The van der Waals surface area contributed by atoms with Gasteiger partial charge in [0.15, 0.2) is 0 Å². The van der Waals surface area contributed by atoms with Gasteiger partial charge in [-0.05, 0) is 48.0 Å². The summed E-state index contributed by atoms with van der Waals surface area (Å²) in [5.41, 5.74) is 1.16. The number of nitrogens with zero attached hydrogens (tertiary/aromatic N) is 2. The van der Waals surface area contributed by atoms with Crippen molar-refractivity contribution in [3.05, 3.63) is 84.5 Å². The minimum atomic E-state index is -0.478. The SMILES string of the molecule is N#C/C(=C/c1ccc(-c2ccc(Br)cc2[N+](=O)[O-])o1)c1ccc(Cl)c(Cl)c1. The van der Waals surface area contributed by atoms with Crippen LogP contribution >= 0.6 is 39.1 Å². The third-order valence-electron chi connectivity index (χ3n) is 3.69. The van der Waals surface area contributed by atoms with Crippen molar-refractivity contribution in [1.29, 1.82) is 5.26 Å². The van der Waals surface area contributed by atoms with Crippen LogP contribution in [0.2, 0.25) is 10.0 Å². The number of benzene rings is 2. The molecule has 134 valence electrons. The maximum atomic E-state index is 11.3. The van der Waals surface area contributed by atoms with Crippen LogP contribution in [0.5, 0.6) is 0 Å². The van der Waals surface area contributed by atoms with Gasteiger partial charge >= 0.3 is 0 Å². The predicted octanol–water partition coefficient (Wildman–Crippen LogP) is 6.99. The first-order valence-electron chi connectivity index (χ1n) is 7.50. The summed E-state index contributed by atoms with van der Waals surface area (Å²) >= 11 is 15.1. The predicted molar refractivity (Wildman–Crippen MR) is 108 cm³/mol. The van der Waals surface area contributed by atoms with Crippen LogP contribution in [0.1, 0.15) is 11.3 Å². The molecule has 1 heterocycles. The topological polar surface area (TPSA) is 80.1 Å². The Morgan fingerprint density at radius 2 is 1.93 bits per heavy atom. The lowest BCUT2D eigenvalue weighted by Gasteiger charge is -2.02. The standard InChI is InChI=1S/C19H9BrCl2N2O3/c20-13-2-4-15(18(9-13)24(25)26)19-6-3-14(27-19)7-12(10-23)11-1-5-16(21)17(22)8-11/h1-9H/b12-7-. The summed E-state index contributed by atoms with van der Waals surface area (Å²) in [6.07, 6.45) is 1.54. The summed E-state index contributed by atoms with van der Waals surface area (Å²) in [7, 11) is 0. The molecule has 0 amide bonds. The van der Waals surface area contributed by atoms with Gasteiger partial charge in [-0.1, -0.05) is 45.2 Å². The van der Waals surface area contributed by atoms with E-state index in [4.69, 9.17) is 27.6 Å². The van der Waals surface area contributed by atoms with Gasteiger partial charge in [-0.15, -0.1) is 0 Å². The normalized spacial score (nSPS) is 11.3. The lowest BCUT2D eigenvalue weighted by atomic mass is 10.1. The molecule has 2 aromatic carbocycles. The molecule has 0 bridgehead atoms. The van der Waals surface area contributed by atoms with Crippen LogP contribution in [-0.4, -0.2) is 4.92 Å². The second kappa shape index (κ2) is 7.97. The van der Waals surface area contributed by atoms with Crippen molar-refractivity contribution < 1.29 is 9.34 Å². The van der Waals surface area contributed by atoms with E-state index in [9.17, 15) is 15.4 Å². The first-order chi connectivity index (χ1) is 12.9. The Hall–Kier alpha value is -2.59. The first kappa shape index (κ1) is 19.2. The van der Waals surface area contributed by atoms with Gasteiger partial charge in [0, 0.05) is 10.5 Å². The van der Waals surface area contributed by atoms with Crippen LogP contribution in [0.3, 0.4) is 0 Å². The zero-order chi connectivity index (χ0) is 19.6. The van der Waals surface area contributed by atoms with E-state index in [0.717, 1.165) is 0 Å². The van der Waals surface area contributed by atoms with Crippen molar-refractivity contribution in [3.8, 4) is 17.4 Å². The van der Waals surface area contributed by atoms with E-state index in [1.54, 1.807) is 42.5 Å². The quantitative estimate of drug-likeness (QED) is 0.237. The van der Waals surface area contributed by atoms with Gasteiger partial charge in [0.25, 0.3) is 5.69 Å². The third-order valence-corrected chi connectivity index (χ3v) is 4.92. The highest BCUT2D eigenvalue weighted by Gasteiger charge is 2.18. The Labute approximate surface area is 172 Å². The van der Waals surface area contributed by atoms with Crippen molar-refractivity contribution in [1.82, 2.24) is 0 Å². The molecule has 0 aliphatic rings. The van der Waals surface area contributed by atoms with Gasteiger partial charge in [-0.3, -0.25) is 10.1 Å². The van der Waals surface area contributed by atoms with Crippen LogP contribution in [0.15, 0.2) is 57.4 Å². The molecule has 0 unspecified atom stereocenters.